The highest BCUT2D eigenvalue weighted by Crippen LogP contribution is 2.26. The second-order valence-electron chi connectivity index (χ2n) is 3.28. The molecule has 0 atom stereocenters. The smallest absolute Gasteiger partial charge is 0.387 e. The van der Waals surface area contributed by atoms with Gasteiger partial charge in [-0.25, -0.2) is 4.79 Å². The minimum absolute atomic E-state index is 0.00306. The van der Waals surface area contributed by atoms with Gasteiger partial charge in [0.2, 0.25) is 0 Å². The molecule has 0 heterocycles. The van der Waals surface area contributed by atoms with Crippen LogP contribution in [0.1, 0.15) is 21.5 Å². The highest BCUT2D eigenvalue weighted by molar-refractivity contribution is 6.17. The Kier molecular flexibility index (Phi) is 4.69. The van der Waals surface area contributed by atoms with Crippen molar-refractivity contribution < 1.29 is 23.0 Å². The molecule has 0 aromatic heterocycles. The minimum Gasteiger partial charge on any atom is -0.465 e. The van der Waals surface area contributed by atoms with E-state index in [9.17, 15) is 13.6 Å². The molecule has 0 saturated heterocycles. The van der Waals surface area contributed by atoms with Gasteiger partial charge in [-0.05, 0) is 30.2 Å². The quantitative estimate of drug-likeness (QED) is 0.619. The monoisotopic (exact) mass is 264 g/mol. The van der Waals surface area contributed by atoms with E-state index in [2.05, 4.69) is 9.47 Å². The van der Waals surface area contributed by atoms with E-state index in [1.807, 2.05) is 0 Å². The van der Waals surface area contributed by atoms with Crippen molar-refractivity contribution in [3.63, 3.8) is 0 Å². The molecule has 1 aromatic carbocycles. The zero-order valence-electron chi connectivity index (χ0n) is 9.30. The van der Waals surface area contributed by atoms with Gasteiger partial charge in [-0.3, -0.25) is 0 Å². The van der Waals surface area contributed by atoms with Gasteiger partial charge in [-0.15, -0.1) is 11.6 Å². The fraction of sp³-hybridized carbons (Fsp3) is 0.364. The SMILES string of the molecule is COC(=O)c1cc(C)c(OC(F)F)cc1CCl. The maximum absolute atomic E-state index is 12.1. The number of aryl methyl sites for hydroxylation is 1. The van der Waals surface area contributed by atoms with Crippen LogP contribution in [0.15, 0.2) is 12.1 Å². The largest absolute Gasteiger partial charge is 0.465 e. The molecule has 0 fully saturated rings. The van der Waals surface area contributed by atoms with E-state index < -0.39 is 12.6 Å². The van der Waals surface area contributed by atoms with Crippen LogP contribution in [0.4, 0.5) is 8.78 Å². The van der Waals surface area contributed by atoms with Gasteiger partial charge in [0.1, 0.15) is 5.75 Å². The molecule has 1 aromatic rings. The van der Waals surface area contributed by atoms with Crippen LogP contribution in [-0.4, -0.2) is 19.7 Å². The number of hydrogen-bond donors (Lipinski definition) is 0. The topological polar surface area (TPSA) is 35.5 Å². The second kappa shape index (κ2) is 5.82. The van der Waals surface area contributed by atoms with Crippen LogP contribution in [0.3, 0.4) is 0 Å². The number of carbonyl (C=O) groups excluding carboxylic acids is 1. The number of carbonyl (C=O) groups is 1. The van der Waals surface area contributed by atoms with Crippen molar-refractivity contribution in [3.05, 3.63) is 28.8 Å². The Labute approximate surface area is 102 Å². The Hall–Kier alpha value is -1.36. The van der Waals surface area contributed by atoms with E-state index in [0.717, 1.165) is 0 Å². The number of alkyl halides is 3. The number of hydrogen-bond acceptors (Lipinski definition) is 3. The predicted octanol–water partition coefficient (Wildman–Crippen LogP) is 3.12. The molecule has 6 heteroatoms. The van der Waals surface area contributed by atoms with Gasteiger partial charge in [-0.1, -0.05) is 0 Å². The van der Waals surface area contributed by atoms with Crippen LogP contribution in [0.2, 0.25) is 0 Å². The minimum atomic E-state index is -2.92. The molecule has 0 unspecified atom stereocenters. The third-order valence-electron chi connectivity index (χ3n) is 2.17. The lowest BCUT2D eigenvalue weighted by molar-refractivity contribution is -0.0503. The highest BCUT2D eigenvalue weighted by Gasteiger charge is 2.16. The van der Waals surface area contributed by atoms with E-state index in [0.29, 0.717) is 11.1 Å². The standard InChI is InChI=1S/C11H11ClF2O3/c1-6-3-8(10(15)16-2)7(5-12)4-9(6)17-11(13)14/h3-4,11H,5H2,1-2H3. The van der Waals surface area contributed by atoms with Crippen molar-refractivity contribution >= 4 is 17.6 Å². The average molecular weight is 265 g/mol. The second-order valence-corrected chi connectivity index (χ2v) is 3.55. The Balaban J connectivity index is 3.19. The van der Waals surface area contributed by atoms with Crippen LogP contribution < -0.4 is 4.74 Å². The lowest BCUT2D eigenvalue weighted by atomic mass is 10.0. The maximum atomic E-state index is 12.1. The first-order chi connectivity index (χ1) is 7.99. The summed E-state index contributed by atoms with van der Waals surface area (Å²) in [5.74, 6) is -0.555. The molecular weight excluding hydrogens is 254 g/mol. The van der Waals surface area contributed by atoms with Gasteiger partial charge in [-0.2, -0.15) is 8.78 Å². The average Bonchev–Trinajstić information content (AvgIpc) is 2.29. The lowest BCUT2D eigenvalue weighted by Crippen LogP contribution is -2.08. The zero-order chi connectivity index (χ0) is 13.0. The molecule has 3 nitrogen and oxygen atoms in total. The van der Waals surface area contributed by atoms with E-state index >= 15 is 0 Å². The highest BCUT2D eigenvalue weighted by atomic mass is 35.5. The van der Waals surface area contributed by atoms with Crippen LogP contribution in [0.25, 0.3) is 0 Å². The molecule has 17 heavy (non-hydrogen) atoms. The van der Waals surface area contributed by atoms with Crippen molar-refractivity contribution in [1.82, 2.24) is 0 Å². The number of esters is 1. The van der Waals surface area contributed by atoms with Crippen molar-refractivity contribution in [1.29, 1.82) is 0 Å². The van der Waals surface area contributed by atoms with Crippen LogP contribution in [-0.2, 0) is 10.6 Å². The first-order valence-electron chi connectivity index (χ1n) is 4.72. The molecule has 0 bridgehead atoms. The summed E-state index contributed by atoms with van der Waals surface area (Å²) in [4.78, 5) is 11.4. The molecule has 0 aliphatic carbocycles. The van der Waals surface area contributed by atoms with E-state index in [-0.39, 0.29) is 17.2 Å². The predicted molar refractivity (Wildman–Crippen MR) is 58.7 cm³/mol. The van der Waals surface area contributed by atoms with Gasteiger partial charge in [0.05, 0.1) is 12.7 Å². The van der Waals surface area contributed by atoms with Gasteiger partial charge < -0.3 is 9.47 Å². The third kappa shape index (κ3) is 3.30. The van der Waals surface area contributed by atoms with Gasteiger partial charge in [0.25, 0.3) is 0 Å². The van der Waals surface area contributed by atoms with Crippen molar-refractivity contribution in [2.24, 2.45) is 0 Å². The Morgan fingerprint density at radius 1 is 1.47 bits per heavy atom. The fourth-order valence-corrected chi connectivity index (χ4v) is 1.58. The number of ether oxygens (including phenoxy) is 2. The summed E-state index contributed by atoms with van der Waals surface area (Å²) in [6, 6.07) is 2.74. The molecule has 0 aliphatic rings. The molecule has 0 amide bonds. The third-order valence-corrected chi connectivity index (χ3v) is 2.45. The Bertz CT molecular complexity index is 421. The zero-order valence-corrected chi connectivity index (χ0v) is 10.1. The number of methoxy groups -OCH3 is 1. The van der Waals surface area contributed by atoms with Crippen molar-refractivity contribution in [3.8, 4) is 5.75 Å². The maximum Gasteiger partial charge on any atom is 0.387 e. The molecule has 0 N–H and O–H groups in total. The molecule has 1 rings (SSSR count). The van der Waals surface area contributed by atoms with E-state index in [1.165, 1.54) is 19.2 Å². The molecule has 94 valence electrons. The van der Waals surface area contributed by atoms with Crippen LogP contribution >= 0.6 is 11.6 Å². The summed E-state index contributed by atoms with van der Waals surface area (Å²) >= 11 is 5.64. The van der Waals surface area contributed by atoms with Gasteiger partial charge in [0.15, 0.2) is 0 Å². The first-order valence-corrected chi connectivity index (χ1v) is 5.25. The molecule has 0 aliphatic heterocycles. The summed E-state index contributed by atoms with van der Waals surface area (Å²) in [7, 11) is 1.24. The summed E-state index contributed by atoms with van der Waals surface area (Å²) in [5, 5.41) is 0. The molecule has 0 saturated carbocycles. The Morgan fingerprint density at radius 3 is 2.59 bits per heavy atom. The van der Waals surface area contributed by atoms with Gasteiger partial charge in [0, 0.05) is 5.88 Å². The van der Waals surface area contributed by atoms with Gasteiger partial charge >= 0.3 is 12.6 Å². The number of halogens is 3. The molecule has 0 radical (unpaired) electrons. The summed E-state index contributed by atoms with van der Waals surface area (Å²) in [6.45, 7) is -1.36. The summed E-state index contributed by atoms with van der Waals surface area (Å²) in [5.41, 5.74) is 1.06. The van der Waals surface area contributed by atoms with Crippen molar-refractivity contribution in [2.45, 2.75) is 19.4 Å². The lowest BCUT2D eigenvalue weighted by Gasteiger charge is -2.12. The molecular formula is C11H11ClF2O3. The van der Waals surface area contributed by atoms with Crippen LogP contribution in [0.5, 0.6) is 5.75 Å². The van der Waals surface area contributed by atoms with E-state index in [1.54, 1.807) is 6.92 Å². The van der Waals surface area contributed by atoms with Crippen LogP contribution in [0, 0.1) is 6.92 Å². The Morgan fingerprint density at radius 2 is 2.12 bits per heavy atom. The summed E-state index contributed by atoms with van der Waals surface area (Å²) in [6.07, 6.45) is 0. The van der Waals surface area contributed by atoms with Crippen molar-refractivity contribution in [2.75, 3.05) is 7.11 Å². The summed E-state index contributed by atoms with van der Waals surface area (Å²) < 4.78 is 33.1. The molecule has 0 spiro atoms. The number of benzene rings is 1. The number of rotatable bonds is 4. The van der Waals surface area contributed by atoms with E-state index in [4.69, 9.17) is 11.6 Å². The normalized spacial score (nSPS) is 10.5. The first kappa shape index (κ1) is 13.7. The fourth-order valence-electron chi connectivity index (χ4n) is 1.36.